The summed E-state index contributed by atoms with van der Waals surface area (Å²) in [7, 11) is -7.11. The maximum atomic E-state index is 9.75. The Bertz CT molecular complexity index is 2940. The third-order valence-corrected chi connectivity index (χ3v) is 21.3. The van der Waals surface area contributed by atoms with Crippen LogP contribution in [0.25, 0.3) is 65.3 Å². The van der Waals surface area contributed by atoms with E-state index in [1.165, 1.54) is 102 Å². The predicted molar refractivity (Wildman–Crippen MR) is 287 cm³/mol. The predicted octanol–water partition coefficient (Wildman–Crippen LogP) is 20.0. The van der Waals surface area contributed by atoms with Crippen LogP contribution in [-0.4, -0.2) is 17.6 Å². The van der Waals surface area contributed by atoms with E-state index in [-0.39, 0.29) is 29.8 Å². The summed E-state index contributed by atoms with van der Waals surface area (Å²) in [5.74, 6) is 0. The zero-order valence-electron chi connectivity index (χ0n) is 39.9. The molecule has 0 amide bonds. The fourth-order valence-corrected chi connectivity index (χ4v) is 18.2. The van der Waals surface area contributed by atoms with Crippen LogP contribution in [0, 0.1) is 0 Å². The fraction of sp³-hybridized carbons (Fsp3) is 0.267. The topological polar surface area (TPSA) is 0 Å². The first-order chi connectivity index (χ1) is 32.1. The summed E-state index contributed by atoms with van der Waals surface area (Å²) in [5, 5.41) is 11.1. The van der Waals surface area contributed by atoms with Crippen LogP contribution in [0.2, 0.25) is 0 Å². The first-order valence-electron chi connectivity index (χ1n) is 23.8. The summed E-state index contributed by atoms with van der Waals surface area (Å²) in [6.07, 6.45) is 16.2. The molecule has 1 aliphatic carbocycles. The van der Waals surface area contributed by atoms with Crippen LogP contribution in [0.4, 0.5) is 17.3 Å². The quantitative estimate of drug-likeness (QED) is 0.0665. The number of hydrogen-bond acceptors (Lipinski definition) is 0. The number of fused-ring (bicyclic) bond motifs is 14. The van der Waals surface area contributed by atoms with Gasteiger partial charge in [0.15, 0.2) is 0 Å². The molecule has 0 saturated heterocycles. The van der Waals surface area contributed by atoms with Gasteiger partial charge in [0.2, 0.25) is 0 Å². The van der Waals surface area contributed by atoms with Crippen molar-refractivity contribution < 1.29 is 36.7 Å². The van der Waals surface area contributed by atoms with Gasteiger partial charge in [0.1, 0.15) is 0 Å². The Morgan fingerprint density at radius 3 is 0.941 bits per heavy atom. The van der Waals surface area contributed by atoms with Crippen molar-refractivity contribution >= 4 is 66.2 Å². The largest absolute Gasteiger partial charge is 0.673 e. The Balaban J connectivity index is 0.000000391. The molecule has 4 atom stereocenters. The van der Waals surface area contributed by atoms with Crippen molar-refractivity contribution in [3.8, 4) is 22.3 Å². The number of benzene rings is 8. The molecule has 8 aromatic carbocycles. The molecule has 8 aromatic rings. The van der Waals surface area contributed by atoms with Crippen molar-refractivity contribution in [3.05, 3.63) is 192 Å². The first-order valence-corrected chi connectivity index (χ1v) is 27.0. The summed E-state index contributed by atoms with van der Waals surface area (Å²) in [4.78, 5) is 0. The van der Waals surface area contributed by atoms with Crippen LogP contribution in [-0.2, 0) is 31.8 Å². The number of allylic oxidation sites excluding steroid dienone is 4. The molecule has 351 valence electrons. The molecular formula is C60H60BF4P2Rh-. The average Bonchev–Trinajstić information content (AvgIpc) is 3.54. The van der Waals surface area contributed by atoms with Crippen LogP contribution < -0.4 is 0 Å². The maximum Gasteiger partial charge on any atom is 0.673 e. The molecule has 3 aliphatic rings. The second-order valence-electron chi connectivity index (χ2n) is 20.2. The van der Waals surface area contributed by atoms with E-state index in [0.29, 0.717) is 11.3 Å². The zero-order chi connectivity index (χ0) is 47.1. The van der Waals surface area contributed by atoms with Crippen molar-refractivity contribution in [2.75, 3.05) is 0 Å². The van der Waals surface area contributed by atoms with E-state index in [1.54, 1.807) is 11.1 Å². The SMILES string of the molecule is C1=CCCC=CCC1.CC(C)(C)P1Cc2ccc3ccccc3c2-c2c(ccc3ccccc23)C1C1c2ccc3ccccc3c2-c2c(ccc3ccccc23)CP1C(C)(C)C.F[B-](F)(F)F.[Rh]. The third kappa shape index (κ3) is 10.4. The van der Waals surface area contributed by atoms with Gasteiger partial charge in [-0.15, -0.1) is 0 Å². The molecule has 0 saturated carbocycles. The molecule has 0 N–H and O–H groups in total. The van der Waals surface area contributed by atoms with E-state index in [9.17, 15) is 17.3 Å². The number of halogens is 4. The third-order valence-electron chi connectivity index (χ3n) is 13.8. The Kier molecular flexibility index (Phi) is 15.0. The Morgan fingerprint density at radius 1 is 0.382 bits per heavy atom. The van der Waals surface area contributed by atoms with Gasteiger partial charge in [-0.1, -0.05) is 227 Å². The van der Waals surface area contributed by atoms with Gasteiger partial charge in [-0.3, -0.25) is 0 Å². The summed E-state index contributed by atoms with van der Waals surface area (Å²) < 4.78 is 39.0. The fourth-order valence-electron chi connectivity index (χ4n) is 10.9. The van der Waals surface area contributed by atoms with Crippen LogP contribution in [0.3, 0.4) is 0 Å². The molecule has 2 aliphatic heterocycles. The molecule has 4 unspecified atom stereocenters. The Hall–Kier alpha value is -4.45. The van der Waals surface area contributed by atoms with Gasteiger partial charge in [-0.2, -0.15) is 0 Å². The van der Waals surface area contributed by atoms with Gasteiger partial charge in [0.25, 0.3) is 0 Å². The molecule has 0 spiro atoms. The standard InChI is InChI=1S/C52H48P2.C8H12.BF4.Rh/c1-51(2,3)53-31-37-25-23-33-15-7-11-19-39(33)45(37)47-41-21-13-9-17-35(41)27-29-43(47)49(53)50-44-30-28-36-18-10-14-22-42(36)48(44)46-38(32-54(50)52(4,5)6)26-24-34-16-8-12-20-40(34)46;1-2-4-6-8-7-5-3-1;2-1(3,4)5;/h7-30,49-50H,31-32H2,1-6H3;1-2,7-8H,3-6H2;;/q;;-1;. The normalized spacial score (nSPS) is 19.0. The van der Waals surface area contributed by atoms with Crippen molar-refractivity contribution in [1.29, 1.82) is 0 Å². The summed E-state index contributed by atoms with van der Waals surface area (Å²) in [5.41, 5.74) is 12.8. The first kappa shape index (κ1) is 50.0. The summed E-state index contributed by atoms with van der Waals surface area (Å²) >= 11 is 0. The molecule has 2 heterocycles. The van der Waals surface area contributed by atoms with Gasteiger partial charge < -0.3 is 17.3 Å². The number of rotatable bonds is 1. The van der Waals surface area contributed by atoms with Crippen LogP contribution in [0.15, 0.2) is 170 Å². The average molecular weight is 1030 g/mol. The van der Waals surface area contributed by atoms with Gasteiger partial charge in [-0.25, -0.2) is 0 Å². The molecule has 0 fully saturated rings. The van der Waals surface area contributed by atoms with Gasteiger partial charge in [-0.05, 0) is 136 Å². The molecule has 8 heteroatoms. The smallest absolute Gasteiger partial charge is 0.418 e. The zero-order valence-corrected chi connectivity index (χ0v) is 43.3. The minimum Gasteiger partial charge on any atom is -0.418 e. The molecule has 0 bridgehead atoms. The van der Waals surface area contributed by atoms with E-state index < -0.39 is 23.1 Å². The maximum absolute atomic E-state index is 9.75. The van der Waals surface area contributed by atoms with Crippen molar-refractivity contribution in [2.45, 2.75) is 101 Å². The van der Waals surface area contributed by atoms with E-state index in [0.717, 1.165) is 12.3 Å². The second-order valence-corrected chi connectivity index (χ2v) is 26.5. The van der Waals surface area contributed by atoms with Crippen molar-refractivity contribution in [2.24, 2.45) is 0 Å². The van der Waals surface area contributed by atoms with Gasteiger partial charge in [0.05, 0.1) is 0 Å². The van der Waals surface area contributed by atoms with Crippen molar-refractivity contribution in [1.82, 2.24) is 0 Å². The van der Waals surface area contributed by atoms with E-state index in [2.05, 4.69) is 211 Å². The Labute approximate surface area is 416 Å². The van der Waals surface area contributed by atoms with Gasteiger partial charge >= 0.3 is 7.25 Å². The van der Waals surface area contributed by atoms with Crippen LogP contribution in [0.1, 0.15) is 101 Å². The van der Waals surface area contributed by atoms with E-state index in [1.807, 2.05) is 0 Å². The van der Waals surface area contributed by atoms with Crippen LogP contribution >= 0.6 is 15.8 Å². The molecule has 0 nitrogen and oxygen atoms in total. The number of hydrogen-bond donors (Lipinski definition) is 0. The monoisotopic (exact) mass is 1030 g/mol. The molecular weight excluding hydrogens is 972 g/mol. The van der Waals surface area contributed by atoms with Crippen molar-refractivity contribution in [3.63, 3.8) is 0 Å². The minimum absolute atomic E-state index is 0. The summed E-state index contributed by atoms with van der Waals surface area (Å²) in [6.45, 7) is 15.3. The van der Waals surface area contributed by atoms with Crippen LogP contribution in [0.5, 0.6) is 0 Å². The minimum atomic E-state index is -6.00. The molecule has 68 heavy (non-hydrogen) atoms. The van der Waals surface area contributed by atoms with Gasteiger partial charge in [0, 0.05) is 30.8 Å². The van der Waals surface area contributed by atoms with E-state index >= 15 is 0 Å². The molecule has 0 aromatic heterocycles. The second kappa shape index (κ2) is 20.5. The molecule has 1 radical (unpaired) electrons. The summed E-state index contributed by atoms with van der Waals surface area (Å²) in [6, 6.07) is 56.5. The molecule has 11 rings (SSSR count). The van der Waals surface area contributed by atoms with E-state index in [4.69, 9.17) is 0 Å². The Morgan fingerprint density at radius 2 is 0.647 bits per heavy atom.